The Morgan fingerprint density at radius 2 is 2.20 bits per heavy atom. The first-order chi connectivity index (χ1) is 9.70. The topological polar surface area (TPSA) is 38.5 Å². The van der Waals surface area contributed by atoms with Crippen molar-refractivity contribution >= 4 is 15.9 Å². The van der Waals surface area contributed by atoms with Crippen molar-refractivity contribution in [1.29, 1.82) is 0 Å². The Bertz CT molecular complexity index is 533. The van der Waals surface area contributed by atoms with Crippen molar-refractivity contribution in [3.63, 3.8) is 0 Å². The van der Waals surface area contributed by atoms with Crippen molar-refractivity contribution in [3.8, 4) is 5.75 Å². The monoisotopic (exact) mass is 336 g/mol. The van der Waals surface area contributed by atoms with Crippen LogP contribution in [0.4, 0.5) is 0 Å². The van der Waals surface area contributed by atoms with E-state index in [1.54, 1.807) is 0 Å². The summed E-state index contributed by atoms with van der Waals surface area (Å²) >= 11 is 3.63. The molecule has 0 bridgehead atoms. The highest BCUT2D eigenvalue weighted by atomic mass is 79.9. The normalized spacial score (nSPS) is 32.2. The minimum Gasteiger partial charge on any atom is -0.493 e. The zero-order valence-electron chi connectivity index (χ0n) is 11.6. The van der Waals surface area contributed by atoms with E-state index in [4.69, 9.17) is 10.5 Å². The van der Waals surface area contributed by atoms with Crippen LogP contribution in [0.5, 0.6) is 5.75 Å². The molecule has 0 aromatic heterocycles. The number of ether oxygens (including phenoxy) is 1. The van der Waals surface area contributed by atoms with E-state index in [0.717, 1.165) is 43.7 Å². The molecule has 4 heteroatoms. The van der Waals surface area contributed by atoms with Gasteiger partial charge in [0.15, 0.2) is 0 Å². The van der Waals surface area contributed by atoms with E-state index in [1.807, 2.05) is 0 Å². The van der Waals surface area contributed by atoms with Crippen molar-refractivity contribution in [2.24, 2.45) is 17.6 Å². The summed E-state index contributed by atoms with van der Waals surface area (Å²) in [5, 5.41) is 0. The Morgan fingerprint density at radius 3 is 3.05 bits per heavy atom. The van der Waals surface area contributed by atoms with Gasteiger partial charge >= 0.3 is 0 Å². The van der Waals surface area contributed by atoms with Gasteiger partial charge in [-0.05, 0) is 42.4 Å². The molecule has 0 spiro atoms. The molecule has 2 fully saturated rings. The molecular weight excluding hydrogens is 316 g/mol. The molecule has 1 saturated carbocycles. The van der Waals surface area contributed by atoms with E-state index in [1.165, 1.54) is 35.0 Å². The molecule has 0 radical (unpaired) electrons. The SMILES string of the molecule is NC1CCC2CN(Cc3cc(Br)cc4c3OCC4)CC12. The number of benzene rings is 1. The number of halogens is 1. The lowest BCUT2D eigenvalue weighted by molar-refractivity contribution is 0.288. The molecule has 2 heterocycles. The van der Waals surface area contributed by atoms with Crippen molar-refractivity contribution in [2.75, 3.05) is 19.7 Å². The van der Waals surface area contributed by atoms with Gasteiger partial charge in [0.25, 0.3) is 0 Å². The van der Waals surface area contributed by atoms with Crippen LogP contribution in [0.15, 0.2) is 16.6 Å². The summed E-state index contributed by atoms with van der Waals surface area (Å²) in [7, 11) is 0. The molecule has 2 N–H and O–H groups in total. The van der Waals surface area contributed by atoms with Crippen LogP contribution < -0.4 is 10.5 Å². The van der Waals surface area contributed by atoms with Gasteiger partial charge in [-0.2, -0.15) is 0 Å². The van der Waals surface area contributed by atoms with Crippen LogP contribution in [-0.2, 0) is 13.0 Å². The third kappa shape index (κ3) is 2.18. The highest BCUT2D eigenvalue weighted by Gasteiger charge is 2.41. The van der Waals surface area contributed by atoms with E-state index in [0.29, 0.717) is 6.04 Å². The third-order valence-corrected chi connectivity index (χ3v) is 5.67. The van der Waals surface area contributed by atoms with E-state index in [2.05, 4.69) is 33.0 Å². The fraction of sp³-hybridized carbons (Fsp3) is 0.625. The quantitative estimate of drug-likeness (QED) is 0.901. The number of nitrogens with zero attached hydrogens (tertiary/aromatic N) is 1. The van der Waals surface area contributed by atoms with Gasteiger partial charge in [-0.1, -0.05) is 15.9 Å². The van der Waals surface area contributed by atoms with Gasteiger partial charge in [0, 0.05) is 42.1 Å². The Labute approximate surface area is 128 Å². The minimum absolute atomic E-state index is 0.425. The highest BCUT2D eigenvalue weighted by Crippen LogP contribution is 2.39. The minimum atomic E-state index is 0.425. The maximum absolute atomic E-state index is 6.23. The van der Waals surface area contributed by atoms with E-state index < -0.39 is 0 Å². The number of rotatable bonds is 2. The van der Waals surface area contributed by atoms with Gasteiger partial charge in [-0.15, -0.1) is 0 Å². The van der Waals surface area contributed by atoms with Crippen molar-refractivity contribution in [1.82, 2.24) is 4.90 Å². The molecule has 20 heavy (non-hydrogen) atoms. The molecule has 1 aromatic rings. The average Bonchev–Trinajstić information content (AvgIpc) is 3.07. The zero-order valence-corrected chi connectivity index (χ0v) is 13.2. The molecule has 1 aliphatic carbocycles. The summed E-state index contributed by atoms with van der Waals surface area (Å²) < 4.78 is 7.01. The zero-order chi connectivity index (χ0) is 13.7. The van der Waals surface area contributed by atoms with Gasteiger partial charge in [0.05, 0.1) is 6.61 Å². The van der Waals surface area contributed by atoms with Gasteiger partial charge in [0.2, 0.25) is 0 Å². The molecule has 1 saturated heterocycles. The standard InChI is InChI=1S/C16H21BrN2O/c17-13-5-10-3-4-20-16(10)12(6-13)8-19-7-11-1-2-15(18)14(11)9-19/h5-6,11,14-15H,1-4,7-9,18H2. The van der Waals surface area contributed by atoms with Crippen molar-refractivity contribution in [2.45, 2.75) is 31.8 Å². The average molecular weight is 337 g/mol. The number of hydrogen-bond acceptors (Lipinski definition) is 3. The molecule has 4 rings (SSSR count). The molecular formula is C16H21BrN2O. The third-order valence-electron chi connectivity index (χ3n) is 5.21. The Hall–Kier alpha value is -0.580. The van der Waals surface area contributed by atoms with Gasteiger partial charge in [0.1, 0.15) is 5.75 Å². The molecule has 3 atom stereocenters. The first kappa shape index (κ1) is 13.1. The molecule has 3 nitrogen and oxygen atoms in total. The van der Waals surface area contributed by atoms with Crippen LogP contribution in [-0.4, -0.2) is 30.6 Å². The van der Waals surface area contributed by atoms with Crippen molar-refractivity contribution < 1.29 is 4.74 Å². The number of fused-ring (bicyclic) bond motifs is 2. The van der Waals surface area contributed by atoms with Crippen LogP contribution in [0.2, 0.25) is 0 Å². The van der Waals surface area contributed by atoms with Crippen molar-refractivity contribution in [3.05, 3.63) is 27.7 Å². The molecule has 1 aromatic carbocycles. The molecule has 3 unspecified atom stereocenters. The van der Waals surface area contributed by atoms with E-state index >= 15 is 0 Å². The van der Waals surface area contributed by atoms with Gasteiger partial charge in [-0.25, -0.2) is 0 Å². The maximum Gasteiger partial charge on any atom is 0.127 e. The molecule has 0 amide bonds. The number of nitrogens with two attached hydrogens (primary N) is 1. The molecule has 108 valence electrons. The van der Waals surface area contributed by atoms with E-state index in [9.17, 15) is 0 Å². The summed E-state index contributed by atoms with van der Waals surface area (Å²) in [6.45, 7) is 4.20. The van der Waals surface area contributed by atoms with Crippen LogP contribution in [0, 0.1) is 11.8 Å². The van der Waals surface area contributed by atoms with Crippen LogP contribution >= 0.6 is 15.9 Å². The first-order valence-electron chi connectivity index (χ1n) is 7.63. The Balaban J connectivity index is 1.53. The summed E-state index contributed by atoms with van der Waals surface area (Å²) in [5.41, 5.74) is 8.92. The summed E-state index contributed by atoms with van der Waals surface area (Å²) in [6, 6.07) is 4.84. The highest BCUT2D eigenvalue weighted by molar-refractivity contribution is 9.10. The van der Waals surface area contributed by atoms with E-state index in [-0.39, 0.29) is 0 Å². The fourth-order valence-electron chi connectivity index (χ4n) is 4.23. The number of likely N-dealkylation sites (tertiary alicyclic amines) is 1. The lowest BCUT2D eigenvalue weighted by Crippen LogP contribution is -2.30. The van der Waals surface area contributed by atoms with Crippen LogP contribution in [0.3, 0.4) is 0 Å². The fourth-order valence-corrected chi connectivity index (χ4v) is 4.79. The largest absolute Gasteiger partial charge is 0.493 e. The maximum atomic E-state index is 6.23. The number of hydrogen-bond donors (Lipinski definition) is 1. The second kappa shape index (κ2) is 5.00. The van der Waals surface area contributed by atoms with Gasteiger partial charge < -0.3 is 10.5 Å². The summed E-state index contributed by atoms with van der Waals surface area (Å²) in [5.74, 6) is 2.68. The van der Waals surface area contributed by atoms with Gasteiger partial charge in [-0.3, -0.25) is 4.90 Å². The Morgan fingerprint density at radius 1 is 1.30 bits per heavy atom. The van der Waals surface area contributed by atoms with Crippen LogP contribution in [0.25, 0.3) is 0 Å². The Kier molecular flexibility index (Phi) is 3.28. The first-order valence-corrected chi connectivity index (χ1v) is 8.42. The lowest BCUT2D eigenvalue weighted by atomic mass is 9.98. The lowest BCUT2D eigenvalue weighted by Gasteiger charge is -2.20. The predicted molar refractivity (Wildman–Crippen MR) is 82.8 cm³/mol. The second-order valence-electron chi connectivity index (χ2n) is 6.51. The molecule has 3 aliphatic rings. The summed E-state index contributed by atoms with van der Waals surface area (Å²) in [4.78, 5) is 2.57. The molecule has 2 aliphatic heterocycles. The predicted octanol–water partition coefficient (Wildman–Crippen LogP) is 2.55. The summed E-state index contributed by atoms with van der Waals surface area (Å²) in [6.07, 6.45) is 3.58. The smallest absolute Gasteiger partial charge is 0.127 e. The second-order valence-corrected chi connectivity index (χ2v) is 7.43. The van der Waals surface area contributed by atoms with Crippen LogP contribution in [0.1, 0.15) is 24.0 Å².